The number of carbonyl (C=O) groups excluding carboxylic acids is 1. The lowest BCUT2D eigenvalue weighted by molar-refractivity contribution is 0.0988. The highest BCUT2D eigenvalue weighted by molar-refractivity contribution is 5.89. The third kappa shape index (κ3) is 3.92. The zero-order chi connectivity index (χ0) is 16.8. The Kier molecular flexibility index (Phi) is 5.10. The molecule has 1 unspecified atom stereocenters. The quantitative estimate of drug-likeness (QED) is 0.933. The predicted molar refractivity (Wildman–Crippen MR) is 89.3 cm³/mol. The average molecular weight is 328 g/mol. The number of likely N-dealkylation sites (tertiary alicyclic amines) is 1. The summed E-state index contributed by atoms with van der Waals surface area (Å²) in [6.07, 6.45) is 4.70. The van der Waals surface area contributed by atoms with Crippen molar-refractivity contribution in [3.8, 4) is 11.8 Å². The molecule has 2 amide bonds. The molecule has 1 atom stereocenters. The van der Waals surface area contributed by atoms with Crippen molar-refractivity contribution in [3.05, 3.63) is 42.7 Å². The van der Waals surface area contributed by atoms with Gasteiger partial charge < -0.3 is 19.7 Å². The van der Waals surface area contributed by atoms with Crippen molar-refractivity contribution in [1.82, 2.24) is 14.9 Å². The highest BCUT2D eigenvalue weighted by Gasteiger charge is 2.26. The van der Waals surface area contributed by atoms with Crippen molar-refractivity contribution in [2.75, 3.05) is 25.5 Å². The van der Waals surface area contributed by atoms with Crippen LogP contribution in [0.25, 0.3) is 0 Å². The fourth-order valence-corrected chi connectivity index (χ4v) is 2.63. The minimum Gasteiger partial charge on any atom is -0.477 e. The van der Waals surface area contributed by atoms with Crippen LogP contribution in [-0.2, 0) is 0 Å². The van der Waals surface area contributed by atoms with E-state index >= 15 is 0 Å². The van der Waals surface area contributed by atoms with Crippen LogP contribution in [0.3, 0.4) is 0 Å². The molecule has 0 bridgehead atoms. The second kappa shape index (κ2) is 7.63. The fourth-order valence-electron chi connectivity index (χ4n) is 2.63. The Morgan fingerprint density at radius 1 is 1.21 bits per heavy atom. The number of carbonyl (C=O) groups is 1. The molecule has 0 saturated carbocycles. The van der Waals surface area contributed by atoms with E-state index in [-0.39, 0.29) is 12.1 Å². The van der Waals surface area contributed by atoms with E-state index < -0.39 is 0 Å². The number of hydrogen-bond acceptors (Lipinski definition) is 5. The van der Waals surface area contributed by atoms with Crippen LogP contribution < -0.4 is 14.8 Å². The highest BCUT2D eigenvalue weighted by Crippen LogP contribution is 2.24. The number of methoxy groups -OCH3 is 1. The number of ether oxygens (including phenoxy) is 2. The number of benzene rings is 1. The molecule has 126 valence electrons. The number of rotatable bonds is 4. The molecule has 2 heterocycles. The zero-order valence-electron chi connectivity index (χ0n) is 13.5. The van der Waals surface area contributed by atoms with E-state index in [9.17, 15) is 4.79 Å². The molecule has 1 aromatic heterocycles. The van der Waals surface area contributed by atoms with Crippen LogP contribution in [-0.4, -0.2) is 47.2 Å². The number of nitrogens with zero attached hydrogens (tertiary/aromatic N) is 3. The topological polar surface area (TPSA) is 76.6 Å². The lowest BCUT2D eigenvalue weighted by atomic mass is 10.1. The fraction of sp³-hybridized carbons (Fsp3) is 0.353. The van der Waals surface area contributed by atoms with Crippen molar-refractivity contribution >= 4 is 11.7 Å². The molecule has 1 N–H and O–H groups in total. The zero-order valence-corrected chi connectivity index (χ0v) is 13.5. The van der Waals surface area contributed by atoms with Crippen LogP contribution in [0.15, 0.2) is 42.7 Å². The van der Waals surface area contributed by atoms with Crippen molar-refractivity contribution in [2.45, 2.75) is 18.9 Å². The molecule has 1 aromatic carbocycles. The molecule has 0 aliphatic carbocycles. The van der Waals surface area contributed by atoms with Crippen LogP contribution in [0.5, 0.6) is 11.8 Å². The molecule has 7 heteroatoms. The molecule has 1 saturated heterocycles. The lowest BCUT2D eigenvalue weighted by Gasteiger charge is -2.32. The summed E-state index contributed by atoms with van der Waals surface area (Å²) in [5, 5.41) is 2.90. The molecule has 1 aliphatic heterocycles. The van der Waals surface area contributed by atoms with Gasteiger partial charge in [0.15, 0.2) is 0 Å². The molecule has 3 rings (SSSR count). The van der Waals surface area contributed by atoms with E-state index in [0.717, 1.165) is 18.5 Å². The minimum absolute atomic E-state index is 0.124. The van der Waals surface area contributed by atoms with E-state index in [2.05, 4.69) is 15.3 Å². The maximum atomic E-state index is 12.4. The van der Waals surface area contributed by atoms with Gasteiger partial charge in [-0.3, -0.25) is 0 Å². The molecule has 24 heavy (non-hydrogen) atoms. The minimum atomic E-state index is -0.133. The summed E-state index contributed by atoms with van der Waals surface area (Å²) < 4.78 is 11.0. The first-order chi connectivity index (χ1) is 11.8. The number of anilines is 1. The molecule has 7 nitrogen and oxygen atoms in total. The number of piperidine rings is 1. The normalized spacial score (nSPS) is 17.2. The van der Waals surface area contributed by atoms with Crippen molar-refractivity contribution in [3.63, 3.8) is 0 Å². The summed E-state index contributed by atoms with van der Waals surface area (Å²) in [4.78, 5) is 22.4. The second-order valence-corrected chi connectivity index (χ2v) is 5.50. The molecule has 1 aliphatic rings. The SMILES string of the molecule is COc1nccnc1OC1CCCN(C(=O)Nc2ccccc2)C1. The Labute approximate surface area is 140 Å². The molecule has 0 spiro atoms. The largest absolute Gasteiger partial charge is 0.477 e. The number of nitrogens with one attached hydrogen (secondary N) is 1. The van der Waals surface area contributed by atoms with Gasteiger partial charge in [0.1, 0.15) is 6.10 Å². The first-order valence-corrected chi connectivity index (χ1v) is 7.89. The lowest BCUT2D eigenvalue weighted by Crippen LogP contribution is -2.46. The van der Waals surface area contributed by atoms with Gasteiger partial charge in [-0.1, -0.05) is 18.2 Å². The van der Waals surface area contributed by atoms with E-state index in [4.69, 9.17) is 9.47 Å². The van der Waals surface area contributed by atoms with Gasteiger partial charge in [0.25, 0.3) is 11.8 Å². The van der Waals surface area contributed by atoms with Gasteiger partial charge in [0, 0.05) is 24.6 Å². The van der Waals surface area contributed by atoms with E-state index in [1.165, 1.54) is 7.11 Å². The van der Waals surface area contributed by atoms with E-state index in [1.54, 1.807) is 17.3 Å². The maximum Gasteiger partial charge on any atom is 0.321 e. The number of hydrogen-bond donors (Lipinski definition) is 1. The monoisotopic (exact) mass is 328 g/mol. The molecule has 2 aromatic rings. The molecule has 0 radical (unpaired) electrons. The molecular weight excluding hydrogens is 308 g/mol. The van der Waals surface area contributed by atoms with E-state index in [1.807, 2.05) is 30.3 Å². The molecular formula is C17H20N4O3. The number of para-hydroxylation sites is 1. The van der Waals surface area contributed by atoms with Crippen LogP contribution in [0.2, 0.25) is 0 Å². The molecule has 1 fully saturated rings. The Balaban J connectivity index is 1.61. The summed E-state index contributed by atoms with van der Waals surface area (Å²) in [6, 6.07) is 9.28. The summed E-state index contributed by atoms with van der Waals surface area (Å²) in [5.41, 5.74) is 0.779. The maximum absolute atomic E-state index is 12.4. The van der Waals surface area contributed by atoms with Gasteiger partial charge in [-0.25, -0.2) is 14.8 Å². The van der Waals surface area contributed by atoms with Crippen LogP contribution in [0, 0.1) is 0 Å². The first-order valence-electron chi connectivity index (χ1n) is 7.89. The van der Waals surface area contributed by atoms with Gasteiger partial charge in [-0.2, -0.15) is 0 Å². The van der Waals surface area contributed by atoms with Crippen molar-refractivity contribution in [2.24, 2.45) is 0 Å². The van der Waals surface area contributed by atoms with Gasteiger partial charge in [0.05, 0.1) is 13.7 Å². The number of aromatic nitrogens is 2. The smallest absolute Gasteiger partial charge is 0.321 e. The van der Waals surface area contributed by atoms with E-state index in [0.29, 0.717) is 24.8 Å². The summed E-state index contributed by atoms with van der Waals surface area (Å²) in [6.45, 7) is 1.20. The summed E-state index contributed by atoms with van der Waals surface area (Å²) in [5.74, 6) is 0.707. The third-order valence-corrected chi connectivity index (χ3v) is 3.80. The number of amides is 2. The summed E-state index contributed by atoms with van der Waals surface area (Å²) in [7, 11) is 1.53. The van der Waals surface area contributed by atoms with Gasteiger partial charge in [-0.05, 0) is 25.0 Å². The third-order valence-electron chi connectivity index (χ3n) is 3.80. The van der Waals surface area contributed by atoms with Crippen LogP contribution in [0.4, 0.5) is 10.5 Å². The van der Waals surface area contributed by atoms with Gasteiger partial charge in [-0.15, -0.1) is 0 Å². The standard InChI is InChI=1S/C17H20N4O3/c1-23-15-16(19-10-9-18-15)24-14-8-5-11-21(12-14)17(22)20-13-6-3-2-4-7-13/h2-4,6-7,9-10,14H,5,8,11-12H2,1H3,(H,20,22). The Hall–Kier alpha value is -2.83. The Morgan fingerprint density at radius 2 is 1.96 bits per heavy atom. The Morgan fingerprint density at radius 3 is 2.71 bits per heavy atom. The average Bonchev–Trinajstić information content (AvgIpc) is 2.63. The first kappa shape index (κ1) is 16.0. The van der Waals surface area contributed by atoms with Crippen molar-refractivity contribution < 1.29 is 14.3 Å². The van der Waals surface area contributed by atoms with Gasteiger partial charge >= 0.3 is 6.03 Å². The van der Waals surface area contributed by atoms with Crippen LogP contribution in [0.1, 0.15) is 12.8 Å². The number of urea groups is 1. The Bertz CT molecular complexity index is 681. The van der Waals surface area contributed by atoms with Crippen molar-refractivity contribution in [1.29, 1.82) is 0 Å². The second-order valence-electron chi connectivity index (χ2n) is 5.50. The highest BCUT2D eigenvalue weighted by atomic mass is 16.5. The predicted octanol–water partition coefficient (Wildman–Crippen LogP) is 2.56. The summed E-state index contributed by atoms with van der Waals surface area (Å²) >= 11 is 0. The van der Waals surface area contributed by atoms with Crippen LogP contribution >= 0.6 is 0 Å². The van der Waals surface area contributed by atoms with Gasteiger partial charge in [0.2, 0.25) is 0 Å².